The number of nitrogens with zero attached hydrogens (tertiary/aromatic N) is 2. The van der Waals surface area contributed by atoms with Crippen molar-refractivity contribution in [2.75, 3.05) is 26.7 Å². The van der Waals surface area contributed by atoms with Crippen LogP contribution in [0.5, 0.6) is 0 Å². The van der Waals surface area contributed by atoms with E-state index in [1.54, 1.807) is 11.9 Å². The number of carbonyl (C=O) groups is 1. The molecule has 1 unspecified atom stereocenters. The quantitative estimate of drug-likeness (QED) is 0.572. The van der Waals surface area contributed by atoms with Crippen molar-refractivity contribution in [2.45, 2.75) is 25.5 Å². The molecule has 128 valence electrons. The van der Waals surface area contributed by atoms with Gasteiger partial charge in [-0.15, -0.1) is 17.0 Å². The normalized spacial score (nSPS) is 17.4. The molecule has 1 aromatic rings. The van der Waals surface area contributed by atoms with E-state index in [0.29, 0.717) is 13.1 Å². The predicted molar refractivity (Wildman–Crippen MR) is 96.7 cm³/mol. The van der Waals surface area contributed by atoms with E-state index >= 15 is 0 Å². The largest absolute Gasteiger partial charge is 0.376 e. The maximum absolute atomic E-state index is 12.0. The van der Waals surface area contributed by atoms with Crippen molar-refractivity contribution in [2.24, 2.45) is 10.7 Å². The maximum atomic E-state index is 12.0. The number of nitrogens with two attached hydrogens (primary N) is 1. The lowest BCUT2D eigenvalue weighted by Crippen LogP contribution is -2.38. The molecular formula is C16H25BrN4O2. The molecule has 0 bridgehead atoms. The van der Waals surface area contributed by atoms with Crippen LogP contribution in [-0.4, -0.2) is 49.6 Å². The van der Waals surface area contributed by atoms with Crippen LogP contribution < -0.4 is 11.1 Å². The Morgan fingerprint density at radius 3 is 2.83 bits per heavy atom. The fourth-order valence-corrected chi connectivity index (χ4v) is 2.30. The van der Waals surface area contributed by atoms with Crippen LogP contribution in [0.1, 0.15) is 18.4 Å². The number of hydrogen-bond donors (Lipinski definition) is 2. The maximum Gasteiger partial charge on any atom is 0.244 e. The summed E-state index contributed by atoms with van der Waals surface area (Å²) in [5.41, 5.74) is 6.86. The van der Waals surface area contributed by atoms with Gasteiger partial charge in [-0.05, 0) is 18.4 Å². The van der Waals surface area contributed by atoms with E-state index in [1.807, 2.05) is 30.3 Å². The second-order valence-corrected chi connectivity index (χ2v) is 5.45. The van der Waals surface area contributed by atoms with E-state index in [9.17, 15) is 4.79 Å². The predicted octanol–water partition coefficient (Wildman–Crippen LogP) is 1.31. The van der Waals surface area contributed by atoms with Crippen LogP contribution in [0, 0.1) is 0 Å². The third-order valence-electron chi connectivity index (χ3n) is 3.61. The number of ether oxygens (including phenoxy) is 1. The van der Waals surface area contributed by atoms with E-state index < -0.39 is 0 Å². The summed E-state index contributed by atoms with van der Waals surface area (Å²) in [4.78, 5) is 17.8. The molecule has 2 rings (SSSR count). The molecule has 6 nitrogen and oxygen atoms in total. The fourth-order valence-electron chi connectivity index (χ4n) is 2.30. The molecule has 0 aliphatic carbocycles. The van der Waals surface area contributed by atoms with E-state index in [0.717, 1.165) is 25.0 Å². The number of carbonyl (C=O) groups excluding carboxylic acids is 1. The number of hydrogen-bond acceptors (Lipinski definition) is 3. The zero-order chi connectivity index (χ0) is 15.8. The first kappa shape index (κ1) is 19.4. The van der Waals surface area contributed by atoms with Gasteiger partial charge in [0, 0.05) is 26.7 Å². The van der Waals surface area contributed by atoms with Crippen molar-refractivity contribution >= 4 is 28.8 Å². The Kier molecular flexibility index (Phi) is 8.65. The van der Waals surface area contributed by atoms with Crippen LogP contribution in [0.4, 0.5) is 0 Å². The second-order valence-electron chi connectivity index (χ2n) is 5.45. The molecule has 0 saturated carbocycles. The highest BCUT2D eigenvalue weighted by Gasteiger charge is 2.15. The van der Waals surface area contributed by atoms with Crippen molar-refractivity contribution in [3.05, 3.63) is 35.9 Å². The first-order valence-corrected chi connectivity index (χ1v) is 7.58. The summed E-state index contributed by atoms with van der Waals surface area (Å²) in [7, 11) is 1.76. The van der Waals surface area contributed by atoms with Gasteiger partial charge in [0.05, 0.1) is 6.10 Å². The van der Waals surface area contributed by atoms with Crippen molar-refractivity contribution in [3.63, 3.8) is 0 Å². The standard InChI is InChI=1S/C16H24N4O2.BrH/c1-20(12-13-6-3-2-4-7-13)15(21)11-19-16(17)18-10-14-8-5-9-22-14;/h2-4,6-7,14H,5,8-12H2,1H3,(H3,17,18,19);1H. The van der Waals surface area contributed by atoms with Gasteiger partial charge in [0.1, 0.15) is 6.54 Å². The number of benzene rings is 1. The molecule has 1 aliphatic rings. The van der Waals surface area contributed by atoms with Gasteiger partial charge in [-0.2, -0.15) is 0 Å². The average molecular weight is 385 g/mol. The summed E-state index contributed by atoms with van der Waals surface area (Å²) in [5, 5.41) is 3.00. The van der Waals surface area contributed by atoms with Crippen LogP contribution in [0.25, 0.3) is 0 Å². The van der Waals surface area contributed by atoms with E-state index in [4.69, 9.17) is 10.5 Å². The van der Waals surface area contributed by atoms with Gasteiger partial charge in [0.2, 0.25) is 5.91 Å². The molecule has 1 saturated heterocycles. The van der Waals surface area contributed by atoms with Crippen molar-refractivity contribution < 1.29 is 9.53 Å². The Bertz CT molecular complexity index is 504. The molecule has 7 heteroatoms. The minimum absolute atomic E-state index is 0. The third-order valence-corrected chi connectivity index (χ3v) is 3.61. The lowest BCUT2D eigenvalue weighted by atomic mass is 10.2. The summed E-state index contributed by atoms with van der Waals surface area (Å²) in [6.07, 6.45) is 2.33. The first-order chi connectivity index (χ1) is 10.6. The highest BCUT2D eigenvalue weighted by Crippen LogP contribution is 2.10. The summed E-state index contributed by atoms with van der Waals surface area (Å²) < 4.78 is 5.49. The lowest BCUT2D eigenvalue weighted by Gasteiger charge is -2.16. The molecule has 3 N–H and O–H groups in total. The van der Waals surface area contributed by atoms with Crippen molar-refractivity contribution in [3.8, 4) is 0 Å². The molecule has 23 heavy (non-hydrogen) atoms. The number of rotatable bonds is 6. The van der Waals surface area contributed by atoms with Gasteiger partial charge in [-0.25, -0.2) is 4.99 Å². The zero-order valence-corrected chi connectivity index (χ0v) is 15.1. The molecule has 1 atom stereocenters. The molecule has 0 radical (unpaired) electrons. The van der Waals surface area contributed by atoms with Crippen LogP contribution in [-0.2, 0) is 16.1 Å². The minimum atomic E-state index is -0.0641. The van der Waals surface area contributed by atoms with E-state index in [1.165, 1.54) is 0 Å². The van der Waals surface area contributed by atoms with Gasteiger partial charge >= 0.3 is 0 Å². The number of halogens is 1. The van der Waals surface area contributed by atoms with Crippen LogP contribution in [0.15, 0.2) is 35.3 Å². The number of aliphatic imine (C=N–C) groups is 1. The molecule has 1 fully saturated rings. The van der Waals surface area contributed by atoms with Gasteiger partial charge in [-0.1, -0.05) is 30.3 Å². The number of amides is 1. The van der Waals surface area contributed by atoms with Gasteiger partial charge in [0.25, 0.3) is 0 Å². The minimum Gasteiger partial charge on any atom is -0.376 e. The van der Waals surface area contributed by atoms with Gasteiger partial charge in [0.15, 0.2) is 5.96 Å². The molecule has 0 aromatic heterocycles. The van der Waals surface area contributed by atoms with Gasteiger partial charge in [-0.3, -0.25) is 4.79 Å². The van der Waals surface area contributed by atoms with E-state index in [2.05, 4.69) is 10.3 Å². The fraction of sp³-hybridized carbons (Fsp3) is 0.500. The summed E-state index contributed by atoms with van der Waals surface area (Å²) in [6.45, 7) is 2.07. The molecule has 1 aromatic carbocycles. The number of likely N-dealkylation sites (N-methyl/N-ethyl adjacent to an activating group) is 1. The Labute approximate surface area is 147 Å². The summed E-state index contributed by atoms with van der Waals surface area (Å²) in [5.74, 6) is 0.225. The molecular weight excluding hydrogens is 360 g/mol. The monoisotopic (exact) mass is 384 g/mol. The summed E-state index contributed by atoms with van der Waals surface area (Å²) >= 11 is 0. The SMILES string of the molecule is Br.CN(Cc1ccccc1)C(=O)CN=C(N)NCC1CCCO1. The average Bonchev–Trinajstić information content (AvgIpc) is 3.05. The Hall–Kier alpha value is -1.60. The topological polar surface area (TPSA) is 80.0 Å². The second kappa shape index (κ2) is 10.2. The molecule has 1 amide bonds. The Morgan fingerprint density at radius 1 is 1.43 bits per heavy atom. The van der Waals surface area contributed by atoms with Crippen LogP contribution >= 0.6 is 17.0 Å². The zero-order valence-electron chi connectivity index (χ0n) is 13.4. The van der Waals surface area contributed by atoms with Crippen LogP contribution in [0.3, 0.4) is 0 Å². The van der Waals surface area contributed by atoms with E-state index in [-0.39, 0.29) is 41.5 Å². The third kappa shape index (κ3) is 7.00. The highest BCUT2D eigenvalue weighted by atomic mass is 79.9. The molecule has 0 spiro atoms. The smallest absolute Gasteiger partial charge is 0.244 e. The Morgan fingerprint density at radius 2 is 2.17 bits per heavy atom. The number of guanidine groups is 1. The van der Waals surface area contributed by atoms with Crippen molar-refractivity contribution in [1.82, 2.24) is 10.2 Å². The first-order valence-electron chi connectivity index (χ1n) is 7.58. The number of nitrogens with one attached hydrogen (secondary N) is 1. The van der Waals surface area contributed by atoms with Crippen molar-refractivity contribution in [1.29, 1.82) is 0 Å². The van der Waals surface area contributed by atoms with Crippen LogP contribution in [0.2, 0.25) is 0 Å². The molecule has 1 heterocycles. The lowest BCUT2D eigenvalue weighted by molar-refractivity contribution is -0.128. The molecule has 1 aliphatic heterocycles. The Balaban J connectivity index is 0.00000264. The summed E-state index contributed by atoms with van der Waals surface area (Å²) in [6, 6.07) is 9.85. The van der Waals surface area contributed by atoms with Gasteiger partial charge < -0.3 is 20.7 Å². The highest BCUT2D eigenvalue weighted by molar-refractivity contribution is 8.93.